The molecule has 0 N–H and O–H groups in total. The van der Waals surface area contributed by atoms with E-state index < -0.39 is 0 Å². The molecule has 5 heteroatoms. The maximum atomic E-state index is 5.94. The first-order valence-corrected chi connectivity index (χ1v) is 9.96. The second-order valence-electron chi connectivity index (χ2n) is 7.12. The van der Waals surface area contributed by atoms with Crippen molar-refractivity contribution in [2.45, 2.75) is 0 Å². The number of aromatic nitrogens is 3. The van der Waals surface area contributed by atoms with Crippen LogP contribution in [0.2, 0.25) is 0 Å². The van der Waals surface area contributed by atoms with Gasteiger partial charge in [-0.25, -0.2) is 0 Å². The first-order chi connectivity index (χ1) is 15.4. The number of hydrogen-bond donors (Lipinski definition) is 0. The zero-order valence-corrected chi connectivity index (χ0v) is 19.1. The summed E-state index contributed by atoms with van der Waals surface area (Å²) in [4.78, 5) is 12.8. The van der Waals surface area contributed by atoms with Crippen LogP contribution in [0, 0.1) is 12.1 Å². The van der Waals surface area contributed by atoms with E-state index in [4.69, 9.17) is 4.42 Å². The normalized spacial score (nSPS) is 10.9. The molecule has 3 aromatic carbocycles. The van der Waals surface area contributed by atoms with Gasteiger partial charge in [-0.15, -0.1) is 23.6 Å². The van der Waals surface area contributed by atoms with Crippen LogP contribution >= 0.6 is 0 Å². The summed E-state index contributed by atoms with van der Waals surface area (Å²) in [5.41, 5.74) is 4.49. The van der Waals surface area contributed by atoms with Crippen LogP contribution in [0.15, 0.2) is 95.8 Å². The minimum atomic E-state index is 0. The maximum Gasteiger partial charge on any atom is 0.124 e. The largest absolute Gasteiger partial charge is 0.476 e. The monoisotopic (exact) mass is 590 g/mol. The molecule has 0 atom stereocenters. The van der Waals surface area contributed by atoms with E-state index in [1.54, 1.807) is 12.4 Å². The van der Waals surface area contributed by atoms with Gasteiger partial charge in [0.2, 0.25) is 0 Å². The van der Waals surface area contributed by atoms with Crippen molar-refractivity contribution in [3.63, 3.8) is 0 Å². The van der Waals surface area contributed by atoms with Gasteiger partial charge in [0.15, 0.2) is 0 Å². The van der Waals surface area contributed by atoms with Crippen molar-refractivity contribution in [2.75, 3.05) is 0 Å². The average Bonchev–Trinajstić information content (AvgIpc) is 3.25. The van der Waals surface area contributed by atoms with E-state index in [9.17, 15) is 0 Å². The maximum absolute atomic E-state index is 5.94. The van der Waals surface area contributed by atoms with Crippen molar-refractivity contribution < 1.29 is 24.5 Å². The topological polar surface area (TPSA) is 51.8 Å². The molecule has 1 radical (unpaired) electrons. The van der Waals surface area contributed by atoms with E-state index in [1.165, 1.54) is 10.8 Å². The van der Waals surface area contributed by atoms with Crippen LogP contribution in [0.5, 0.6) is 0 Å². The molecule has 155 valence electrons. The molecule has 0 fully saturated rings. The quantitative estimate of drug-likeness (QED) is 0.163. The first kappa shape index (κ1) is 20.3. The summed E-state index contributed by atoms with van der Waals surface area (Å²) in [5.74, 6) is 0. The van der Waals surface area contributed by atoms with Crippen molar-refractivity contribution in [1.29, 1.82) is 0 Å². The average molecular weight is 590 g/mol. The van der Waals surface area contributed by atoms with Crippen molar-refractivity contribution >= 4 is 43.6 Å². The molecule has 0 amide bonds. The Morgan fingerprint density at radius 2 is 1.47 bits per heavy atom. The number of furan rings is 1. The van der Waals surface area contributed by atoms with E-state index in [0.29, 0.717) is 0 Å². The van der Waals surface area contributed by atoms with E-state index in [-0.39, 0.29) is 20.1 Å². The molecule has 0 unspecified atom stereocenters. The molecular weight excluding hydrogens is 575 g/mol. The van der Waals surface area contributed by atoms with E-state index in [1.807, 2.05) is 66.9 Å². The fourth-order valence-electron chi connectivity index (χ4n) is 4.01. The van der Waals surface area contributed by atoms with Crippen LogP contribution in [0.4, 0.5) is 0 Å². The third-order valence-electron chi connectivity index (χ3n) is 5.30. The molecule has 32 heavy (non-hydrogen) atoms. The summed E-state index contributed by atoms with van der Waals surface area (Å²) < 4.78 is 5.94. The molecule has 0 aliphatic rings. The van der Waals surface area contributed by atoms with E-state index >= 15 is 0 Å². The number of hydrogen-bond acceptors (Lipinski definition) is 4. The van der Waals surface area contributed by atoms with Gasteiger partial charge in [-0.2, -0.15) is 12.1 Å². The predicted molar refractivity (Wildman–Crippen MR) is 123 cm³/mol. The van der Waals surface area contributed by atoms with Crippen LogP contribution in [0.25, 0.3) is 55.0 Å². The summed E-state index contributed by atoms with van der Waals surface area (Å²) in [7, 11) is 0. The van der Waals surface area contributed by atoms with Crippen molar-refractivity contribution in [2.24, 2.45) is 0 Å². The number of nitrogens with zero attached hydrogens (tertiary/aromatic N) is 3. The molecule has 4 aromatic heterocycles. The molecule has 7 rings (SSSR count). The third-order valence-corrected chi connectivity index (χ3v) is 5.30. The van der Waals surface area contributed by atoms with E-state index in [0.717, 1.165) is 44.2 Å². The zero-order valence-electron chi connectivity index (χ0n) is 16.7. The van der Waals surface area contributed by atoms with Crippen molar-refractivity contribution in [1.82, 2.24) is 15.0 Å². The molecule has 0 aliphatic heterocycles. The fraction of sp³-hybridized carbons (Fsp3) is 0. The Labute approximate surface area is 197 Å². The minimum Gasteiger partial charge on any atom is -0.476 e. The van der Waals surface area contributed by atoms with Crippen LogP contribution in [0.3, 0.4) is 0 Å². The predicted octanol–water partition coefficient (Wildman–Crippen LogP) is 6.47. The Balaban J connectivity index is 0.000000145. The summed E-state index contributed by atoms with van der Waals surface area (Å²) in [6.07, 6.45) is 5.31. The number of rotatable bonds is 1. The van der Waals surface area contributed by atoms with Gasteiger partial charge >= 0.3 is 0 Å². The Morgan fingerprint density at radius 3 is 2.31 bits per heavy atom. The van der Waals surface area contributed by atoms with Gasteiger partial charge in [-0.1, -0.05) is 41.8 Å². The summed E-state index contributed by atoms with van der Waals surface area (Å²) in [6.45, 7) is 0. The van der Waals surface area contributed by atoms with Gasteiger partial charge in [0.05, 0.1) is 5.58 Å². The SMILES string of the molecule is [Ir].[c-]1ccc2oc3cccc4c5cccnc5c1c2c34.[c-]1cccnc1-c1ccccn1. The molecule has 0 aliphatic carbocycles. The van der Waals surface area contributed by atoms with Crippen LogP contribution < -0.4 is 0 Å². The Hall–Kier alpha value is -3.66. The molecule has 0 bridgehead atoms. The molecule has 0 saturated carbocycles. The molecular formula is C27H15IrN3O-2. The van der Waals surface area contributed by atoms with Gasteiger partial charge < -0.3 is 14.4 Å². The van der Waals surface area contributed by atoms with Gasteiger partial charge in [0.25, 0.3) is 0 Å². The zero-order chi connectivity index (χ0) is 20.6. The standard InChI is InChI=1S/C17H8NO.C10H7N2.Ir/c1-4-10-11-6-3-9-18-17(11)12-5-2-8-14-16(12)15(10)13(7-1)19-14;1-3-7-11-9(5-1)10-6-2-4-8-12-10;/h1-4,6-9H;1-5,7-8H;/q2*-1;. The van der Waals surface area contributed by atoms with Crippen LogP contribution in [0.1, 0.15) is 0 Å². The second-order valence-corrected chi connectivity index (χ2v) is 7.12. The number of pyridine rings is 3. The molecule has 0 spiro atoms. The summed E-state index contributed by atoms with van der Waals surface area (Å²) >= 11 is 0. The van der Waals surface area contributed by atoms with Crippen LogP contribution in [-0.4, -0.2) is 15.0 Å². The van der Waals surface area contributed by atoms with Crippen molar-refractivity contribution in [3.8, 4) is 11.4 Å². The fourth-order valence-corrected chi connectivity index (χ4v) is 4.01. The molecule has 0 saturated heterocycles. The molecule has 7 aromatic rings. The first-order valence-electron chi connectivity index (χ1n) is 9.96. The Kier molecular flexibility index (Phi) is 5.36. The van der Waals surface area contributed by atoms with Gasteiger partial charge in [-0.05, 0) is 57.5 Å². The van der Waals surface area contributed by atoms with Crippen LogP contribution in [-0.2, 0) is 20.1 Å². The van der Waals surface area contributed by atoms with Gasteiger partial charge in [-0.3, -0.25) is 4.98 Å². The van der Waals surface area contributed by atoms with Gasteiger partial charge in [0, 0.05) is 32.5 Å². The summed E-state index contributed by atoms with van der Waals surface area (Å²) in [6, 6.07) is 29.9. The molecule has 4 heterocycles. The number of fused-ring (bicyclic) bond motifs is 3. The van der Waals surface area contributed by atoms with E-state index in [2.05, 4.69) is 39.2 Å². The van der Waals surface area contributed by atoms with Gasteiger partial charge in [0.1, 0.15) is 5.58 Å². The Morgan fingerprint density at radius 1 is 0.625 bits per heavy atom. The number of benzene rings is 3. The van der Waals surface area contributed by atoms with Crippen molar-refractivity contribution in [3.05, 3.63) is 104 Å². The minimum absolute atomic E-state index is 0. The smallest absolute Gasteiger partial charge is 0.124 e. The molecule has 4 nitrogen and oxygen atoms in total. The Bertz CT molecular complexity index is 1510. The summed E-state index contributed by atoms with van der Waals surface area (Å²) in [5, 5.41) is 5.73. The third kappa shape index (κ3) is 3.32. The second kappa shape index (κ2) is 8.46.